The number of hydrogen-bond acceptors (Lipinski definition) is 0. The highest BCUT2D eigenvalue weighted by Gasteiger charge is 2.26. The molecule has 0 aromatic heterocycles. The average molecular weight is 643 g/mol. The molecule has 0 saturated heterocycles. The van der Waals surface area contributed by atoms with E-state index in [1.807, 2.05) is 0 Å². The largest absolute Gasteiger partial charge is 0.0842 e. The monoisotopic (exact) mass is 642 g/mol. The Bertz CT molecular complexity index is 1830. The van der Waals surface area contributed by atoms with E-state index in [0.29, 0.717) is 23.7 Å². The molecule has 4 aliphatic carbocycles. The van der Waals surface area contributed by atoms with E-state index >= 15 is 0 Å². The van der Waals surface area contributed by atoms with Crippen LogP contribution in [0.4, 0.5) is 0 Å². The van der Waals surface area contributed by atoms with Crippen LogP contribution in [0.3, 0.4) is 0 Å². The van der Waals surface area contributed by atoms with Crippen molar-refractivity contribution in [2.45, 2.75) is 72.6 Å². The second-order valence-electron chi connectivity index (χ2n) is 14.5. The smallest absolute Gasteiger partial charge is 0.00272 e. The summed E-state index contributed by atoms with van der Waals surface area (Å²) in [6.45, 7) is 9.20. The third kappa shape index (κ3) is 8.98. The second kappa shape index (κ2) is 16.8. The lowest BCUT2D eigenvalue weighted by atomic mass is 9.74. The molecule has 0 spiro atoms. The molecule has 3 atom stereocenters. The molecule has 2 aromatic carbocycles. The average Bonchev–Trinajstić information content (AvgIpc) is 3.81. The Labute approximate surface area is 296 Å². The summed E-state index contributed by atoms with van der Waals surface area (Å²) in [5, 5.41) is 0. The van der Waals surface area contributed by atoms with E-state index < -0.39 is 0 Å². The third-order valence-corrected chi connectivity index (χ3v) is 10.6. The first-order valence-electron chi connectivity index (χ1n) is 18.7. The summed E-state index contributed by atoms with van der Waals surface area (Å²) >= 11 is 0. The van der Waals surface area contributed by atoms with Gasteiger partial charge < -0.3 is 0 Å². The van der Waals surface area contributed by atoms with Crippen molar-refractivity contribution in [3.63, 3.8) is 0 Å². The van der Waals surface area contributed by atoms with Crippen LogP contribution < -0.4 is 0 Å². The third-order valence-electron chi connectivity index (χ3n) is 10.6. The van der Waals surface area contributed by atoms with Gasteiger partial charge in [-0.2, -0.15) is 0 Å². The predicted molar refractivity (Wildman–Crippen MR) is 215 cm³/mol. The van der Waals surface area contributed by atoms with Crippen molar-refractivity contribution in [2.24, 2.45) is 23.7 Å². The van der Waals surface area contributed by atoms with Crippen LogP contribution in [-0.4, -0.2) is 0 Å². The van der Waals surface area contributed by atoms with Crippen LogP contribution >= 0.6 is 0 Å². The van der Waals surface area contributed by atoms with Gasteiger partial charge in [0.15, 0.2) is 0 Å². The molecule has 0 radical (unpaired) electrons. The first-order valence-corrected chi connectivity index (χ1v) is 18.7. The minimum absolute atomic E-state index is 0.453. The molecule has 0 fully saturated rings. The fourth-order valence-corrected chi connectivity index (χ4v) is 8.01. The highest BCUT2D eigenvalue weighted by atomic mass is 14.3. The lowest BCUT2D eigenvalue weighted by Crippen LogP contribution is -2.18. The summed E-state index contributed by atoms with van der Waals surface area (Å²) in [7, 11) is 0. The van der Waals surface area contributed by atoms with Crippen LogP contribution in [0, 0.1) is 23.7 Å². The zero-order valence-electron chi connectivity index (χ0n) is 30.1. The van der Waals surface area contributed by atoms with Crippen LogP contribution in [0.25, 0.3) is 22.8 Å². The molecule has 49 heavy (non-hydrogen) atoms. The first kappa shape index (κ1) is 34.4. The second-order valence-corrected chi connectivity index (χ2v) is 14.5. The predicted octanol–water partition coefficient (Wildman–Crippen LogP) is 13.9. The van der Waals surface area contributed by atoms with Crippen molar-refractivity contribution in [2.75, 3.05) is 0 Å². The van der Waals surface area contributed by atoms with Crippen molar-refractivity contribution in [3.8, 4) is 11.1 Å². The van der Waals surface area contributed by atoms with E-state index in [4.69, 9.17) is 0 Å². The number of benzene rings is 2. The molecule has 0 heteroatoms. The van der Waals surface area contributed by atoms with E-state index in [0.717, 1.165) is 6.42 Å². The van der Waals surface area contributed by atoms with Crippen molar-refractivity contribution in [1.82, 2.24) is 0 Å². The van der Waals surface area contributed by atoms with Gasteiger partial charge in [0.05, 0.1) is 0 Å². The minimum Gasteiger partial charge on any atom is -0.0842 e. The molecule has 0 amide bonds. The van der Waals surface area contributed by atoms with E-state index in [1.165, 1.54) is 83.1 Å². The summed E-state index contributed by atoms with van der Waals surface area (Å²) in [5.74, 6) is 2.16. The van der Waals surface area contributed by atoms with Gasteiger partial charge >= 0.3 is 0 Å². The Morgan fingerprint density at radius 2 is 1.63 bits per heavy atom. The van der Waals surface area contributed by atoms with Crippen LogP contribution in [0.1, 0.15) is 83.8 Å². The van der Waals surface area contributed by atoms with E-state index in [9.17, 15) is 0 Å². The lowest BCUT2D eigenvalue weighted by molar-refractivity contribution is 0.408. The molecular weight excluding hydrogens is 589 g/mol. The number of hydrogen-bond donors (Lipinski definition) is 0. The lowest BCUT2D eigenvalue weighted by Gasteiger charge is -2.30. The Morgan fingerprint density at radius 1 is 0.816 bits per heavy atom. The minimum atomic E-state index is 0.453. The van der Waals surface area contributed by atoms with Crippen LogP contribution in [0.2, 0.25) is 0 Å². The van der Waals surface area contributed by atoms with Crippen LogP contribution in [0.5, 0.6) is 0 Å². The number of allylic oxidation sites excluding steroid dienone is 21. The van der Waals surface area contributed by atoms with Crippen molar-refractivity contribution < 1.29 is 0 Å². The summed E-state index contributed by atoms with van der Waals surface area (Å²) in [6.07, 6.45) is 45.2. The van der Waals surface area contributed by atoms with Gasteiger partial charge in [-0.05, 0) is 126 Å². The van der Waals surface area contributed by atoms with Gasteiger partial charge in [0.25, 0.3) is 0 Å². The van der Waals surface area contributed by atoms with Crippen molar-refractivity contribution in [3.05, 3.63) is 179 Å². The first-order chi connectivity index (χ1) is 24.0. The maximum atomic E-state index is 2.51. The van der Waals surface area contributed by atoms with Crippen LogP contribution in [0.15, 0.2) is 168 Å². The fraction of sp³-hybridized carbons (Fsp3) is 0.306. The zero-order valence-corrected chi connectivity index (χ0v) is 30.1. The Balaban J connectivity index is 1.14. The van der Waals surface area contributed by atoms with Crippen LogP contribution in [-0.2, 0) is 0 Å². The highest BCUT2D eigenvalue weighted by molar-refractivity contribution is 5.77. The molecule has 0 nitrogen and oxygen atoms in total. The summed E-state index contributed by atoms with van der Waals surface area (Å²) < 4.78 is 0. The van der Waals surface area contributed by atoms with Gasteiger partial charge in [-0.3, -0.25) is 0 Å². The van der Waals surface area contributed by atoms with Crippen molar-refractivity contribution >= 4 is 11.6 Å². The summed E-state index contributed by atoms with van der Waals surface area (Å²) in [5.41, 5.74) is 13.9. The topological polar surface area (TPSA) is 0 Å². The molecule has 250 valence electrons. The normalized spacial score (nSPS) is 20.6. The molecular formula is C49H54. The van der Waals surface area contributed by atoms with Crippen molar-refractivity contribution in [1.29, 1.82) is 0 Å². The maximum Gasteiger partial charge on any atom is 0.00272 e. The summed E-state index contributed by atoms with van der Waals surface area (Å²) in [6, 6.07) is 18.1. The van der Waals surface area contributed by atoms with Gasteiger partial charge in [0.2, 0.25) is 0 Å². The molecule has 2 aromatic rings. The molecule has 0 bridgehead atoms. The molecule has 6 rings (SSSR count). The Morgan fingerprint density at radius 3 is 2.43 bits per heavy atom. The molecule has 0 saturated carbocycles. The molecule has 2 unspecified atom stereocenters. The Hall–Kier alpha value is -4.42. The Kier molecular flexibility index (Phi) is 11.8. The van der Waals surface area contributed by atoms with E-state index in [1.54, 1.807) is 11.1 Å². The molecule has 4 aliphatic rings. The van der Waals surface area contributed by atoms with Gasteiger partial charge in [-0.1, -0.05) is 166 Å². The zero-order chi connectivity index (χ0) is 34.0. The fourth-order valence-electron chi connectivity index (χ4n) is 8.01. The van der Waals surface area contributed by atoms with E-state index in [2.05, 4.69) is 173 Å². The van der Waals surface area contributed by atoms with Gasteiger partial charge in [0, 0.05) is 5.92 Å². The standard InChI is InChI=1S/C49H54/c1-36(2)33-37(3)47-29-15-24-41(47)23-12-11-17-39-18-13-26-44(34-39)45-27-14-28-46(35-45)49-30-16-25-43(49)31-32-48(42-21-9-6-10-22-42)38(4)40-19-7-5-8-20-40/h5,7,9,11-19,21-28,30,33-36,38,43,48H,6,8,10,20,29,31-32H2,1-4H3/b17-11+,23-12+,37-33+/t38?,43?,48-/m0/s1. The van der Waals surface area contributed by atoms with Gasteiger partial charge in [-0.15, -0.1) is 0 Å². The van der Waals surface area contributed by atoms with Gasteiger partial charge in [0.1, 0.15) is 0 Å². The highest BCUT2D eigenvalue weighted by Crippen LogP contribution is 2.40. The SMILES string of the molecule is C/C(=C\C(C)C)C1=C(/C=C/C=C/c2cccc(-c3cccc(C4=CC=CC4CC[C@H](C4=CCCC=C4)C(C)C4=CC=CCC4)c3)c2)C=CC1. The maximum absolute atomic E-state index is 2.51. The molecule has 0 aliphatic heterocycles. The molecule has 0 heterocycles. The quantitative estimate of drug-likeness (QED) is 0.191. The van der Waals surface area contributed by atoms with Gasteiger partial charge in [-0.25, -0.2) is 0 Å². The summed E-state index contributed by atoms with van der Waals surface area (Å²) in [4.78, 5) is 0. The molecule has 0 N–H and O–H groups in total. The number of rotatable bonds is 13. The van der Waals surface area contributed by atoms with E-state index in [-0.39, 0.29) is 0 Å².